The molecule has 174 valence electrons. The summed E-state index contributed by atoms with van der Waals surface area (Å²) in [5.74, 6) is 0.249. The van der Waals surface area contributed by atoms with Gasteiger partial charge < -0.3 is 13.9 Å². The Morgan fingerprint density at radius 1 is 1.15 bits per heavy atom. The Balaban J connectivity index is 1.58. The summed E-state index contributed by atoms with van der Waals surface area (Å²) in [7, 11) is 0. The first-order valence-corrected chi connectivity index (χ1v) is 12.1. The lowest BCUT2D eigenvalue weighted by molar-refractivity contribution is -0.161. The van der Waals surface area contributed by atoms with E-state index in [1.807, 2.05) is 13.0 Å². The standard InChI is InChI=1S/C26H28O6S/c1-5-7-16-22(27)19-12-15(24(28)30-14-31-25(29)26(2,3)4)9-10-20(19)32-23(16)18-13-17(18)21-8-6-11-33-21/h6,8-12,17-18H,5,7,13-14H2,1-4H3. The van der Waals surface area contributed by atoms with Crippen molar-refractivity contribution in [3.05, 3.63) is 67.7 Å². The van der Waals surface area contributed by atoms with E-state index in [4.69, 9.17) is 13.9 Å². The zero-order valence-electron chi connectivity index (χ0n) is 19.3. The second kappa shape index (κ2) is 9.14. The molecule has 7 heteroatoms. The number of esters is 2. The summed E-state index contributed by atoms with van der Waals surface area (Å²) in [6.45, 7) is 6.70. The molecule has 2 unspecified atom stereocenters. The van der Waals surface area contributed by atoms with Gasteiger partial charge in [-0.25, -0.2) is 4.79 Å². The minimum Gasteiger partial charge on any atom is -0.460 e. The van der Waals surface area contributed by atoms with E-state index in [-0.39, 0.29) is 16.9 Å². The van der Waals surface area contributed by atoms with Gasteiger partial charge in [0.2, 0.25) is 6.79 Å². The molecule has 1 aliphatic rings. The zero-order valence-corrected chi connectivity index (χ0v) is 20.1. The second-order valence-corrected chi connectivity index (χ2v) is 10.4. The predicted octanol–water partition coefficient (Wildman–Crippen LogP) is 5.78. The van der Waals surface area contributed by atoms with E-state index < -0.39 is 24.1 Å². The van der Waals surface area contributed by atoms with Crippen LogP contribution in [0.2, 0.25) is 0 Å². The molecule has 1 saturated carbocycles. The van der Waals surface area contributed by atoms with Crippen LogP contribution in [0.3, 0.4) is 0 Å². The third-order valence-electron chi connectivity index (χ3n) is 5.78. The van der Waals surface area contributed by atoms with Crippen LogP contribution in [0.15, 0.2) is 44.9 Å². The topological polar surface area (TPSA) is 82.8 Å². The van der Waals surface area contributed by atoms with Gasteiger partial charge in [0.15, 0.2) is 5.43 Å². The van der Waals surface area contributed by atoms with Gasteiger partial charge in [-0.2, -0.15) is 0 Å². The summed E-state index contributed by atoms with van der Waals surface area (Å²) < 4.78 is 16.3. The molecule has 0 bridgehead atoms. The van der Waals surface area contributed by atoms with Gasteiger partial charge in [0.05, 0.1) is 16.4 Å². The first-order chi connectivity index (χ1) is 15.7. The molecule has 3 aromatic rings. The van der Waals surface area contributed by atoms with E-state index in [0.717, 1.165) is 18.6 Å². The fraction of sp³-hybridized carbons (Fsp3) is 0.423. The fourth-order valence-corrected chi connectivity index (χ4v) is 4.81. The minimum absolute atomic E-state index is 0.0984. The number of hydrogen-bond acceptors (Lipinski definition) is 7. The van der Waals surface area contributed by atoms with Crippen molar-refractivity contribution in [1.29, 1.82) is 0 Å². The highest BCUT2D eigenvalue weighted by Gasteiger charge is 2.44. The molecule has 0 aliphatic heterocycles. The lowest BCUT2D eigenvalue weighted by atomic mass is 9.98. The smallest absolute Gasteiger partial charge is 0.341 e. The summed E-state index contributed by atoms with van der Waals surface area (Å²) in [4.78, 5) is 39.0. The lowest BCUT2D eigenvalue weighted by Crippen LogP contribution is -2.24. The van der Waals surface area contributed by atoms with Crippen molar-refractivity contribution in [3.63, 3.8) is 0 Å². The summed E-state index contributed by atoms with van der Waals surface area (Å²) in [6, 6.07) is 8.87. The van der Waals surface area contributed by atoms with E-state index >= 15 is 0 Å². The fourth-order valence-electron chi connectivity index (χ4n) is 3.90. The number of thiophene rings is 1. The maximum atomic E-state index is 13.4. The number of benzene rings is 1. The Morgan fingerprint density at radius 2 is 1.94 bits per heavy atom. The Morgan fingerprint density at radius 3 is 2.61 bits per heavy atom. The molecule has 6 nitrogen and oxygen atoms in total. The molecule has 33 heavy (non-hydrogen) atoms. The monoisotopic (exact) mass is 468 g/mol. The van der Waals surface area contributed by atoms with E-state index in [9.17, 15) is 14.4 Å². The van der Waals surface area contributed by atoms with Crippen LogP contribution in [-0.2, 0) is 20.7 Å². The SMILES string of the molecule is CCCc1c(C2CC2c2cccs2)oc2ccc(C(=O)OCOC(=O)C(C)(C)C)cc2c1=O. The molecule has 0 spiro atoms. The maximum absolute atomic E-state index is 13.4. The summed E-state index contributed by atoms with van der Waals surface area (Å²) in [5.41, 5.74) is 0.575. The van der Waals surface area contributed by atoms with E-state index in [1.165, 1.54) is 10.9 Å². The van der Waals surface area contributed by atoms with Gasteiger partial charge in [0, 0.05) is 22.3 Å². The van der Waals surface area contributed by atoms with Gasteiger partial charge in [-0.1, -0.05) is 19.4 Å². The molecule has 1 aromatic carbocycles. The Hall–Kier alpha value is -2.93. The summed E-state index contributed by atoms with van der Waals surface area (Å²) >= 11 is 1.73. The van der Waals surface area contributed by atoms with Crippen LogP contribution < -0.4 is 5.43 Å². The summed E-state index contributed by atoms with van der Waals surface area (Å²) in [5, 5.41) is 2.43. The number of carbonyl (C=O) groups is 2. The van der Waals surface area contributed by atoms with Crippen LogP contribution in [0.5, 0.6) is 0 Å². The largest absolute Gasteiger partial charge is 0.460 e. The van der Waals surface area contributed by atoms with Crippen LogP contribution >= 0.6 is 11.3 Å². The van der Waals surface area contributed by atoms with E-state index in [0.29, 0.717) is 28.9 Å². The molecule has 1 aliphatic carbocycles. The van der Waals surface area contributed by atoms with Crippen molar-refractivity contribution >= 4 is 34.2 Å². The second-order valence-electron chi connectivity index (χ2n) is 9.43. The molecule has 1 fully saturated rings. The molecular formula is C26H28O6S. The molecule has 4 rings (SSSR count). The molecule has 0 saturated heterocycles. The van der Waals surface area contributed by atoms with Crippen LogP contribution in [0.25, 0.3) is 11.0 Å². The van der Waals surface area contributed by atoms with Crippen LogP contribution in [-0.4, -0.2) is 18.7 Å². The quantitative estimate of drug-likeness (QED) is 0.323. The lowest BCUT2D eigenvalue weighted by Gasteiger charge is -2.16. The maximum Gasteiger partial charge on any atom is 0.341 e. The van der Waals surface area contributed by atoms with Gasteiger partial charge in [0.25, 0.3) is 0 Å². The number of rotatable bonds is 7. The van der Waals surface area contributed by atoms with Gasteiger partial charge >= 0.3 is 11.9 Å². The highest BCUT2D eigenvalue weighted by Crippen LogP contribution is 2.56. The normalized spacial score (nSPS) is 17.7. The molecule has 2 aromatic heterocycles. The van der Waals surface area contributed by atoms with Crippen molar-refractivity contribution in [3.8, 4) is 0 Å². The third-order valence-corrected chi connectivity index (χ3v) is 6.78. The minimum atomic E-state index is -0.689. The first-order valence-electron chi connectivity index (χ1n) is 11.2. The van der Waals surface area contributed by atoms with Crippen LogP contribution in [0, 0.1) is 5.41 Å². The predicted molar refractivity (Wildman–Crippen MR) is 127 cm³/mol. The van der Waals surface area contributed by atoms with Gasteiger partial charge in [-0.05, 0) is 63.3 Å². The third kappa shape index (κ3) is 4.88. The van der Waals surface area contributed by atoms with Crippen molar-refractivity contribution in [2.45, 2.75) is 58.8 Å². The average Bonchev–Trinajstić information content (AvgIpc) is 3.37. The van der Waals surface area contributed by atoms with E-state index in [2.05, 4.69) is 11.4 Å². The van der Waals surface area contributed by atoms with Crippen LogP contribution in [0.1, 0.15) is 78.9 Å². The Kier molecular flexibility index (Phi) is 6.43. The number of carbonyl (C=O) groups excluding carboxylic acids is 2. The molecule has 0 amide bonds. The number of ether oxygens (including phenoxy) is 2. The molecule has 0 N–H and O–H groups in total. The Bertz CT molecular complexity index is 1230. The van der Waals surface area contributed by atoms with Gasteiger partial charge in [-0.15, -0.1) is 11.3 Å². The number of fused-ring (bicyclic) bond motifs is 1. The molecular weight excluding hydrogens is 440 g/mol. The molecule has 2 atom stereocenters. The van der Waals surface area contributed by atoms with Crippen molar-refractivity contribution in [2.75, 3.05) is 6.79 Å². The average molecular weight is 469 g/mol. The van der Waals surface area contributed by atoms with Crippen molar-refractivity contribution < 1.29 is 23.5 Å². The highest BCUT2D eigenvalue weighted by atomic mass is 32.1. The van der Waals surface area contributed by atoms with Crippen LogP contribution in [0.4, 0.5) is 0 Å². The zero-order chi connectivity index (χ0) is 23.8. The summed E-state index contributed by atoms with van der Waals surface area (Å²) in [6.07, 6.45) is 2.42. The van der Waals surface area contributed by atoms with E-state index in [1.54, 1.807) is 44.2 Å². The Labute approximate surface area is 196 Å². The van der Waals surface area contributed by atoms with Crippen molar-refractivity contribution in [2.24, 2.45) is 5.41 Å². The molecule has 0 radical (unpaired) electrons. The number of hydrogen-bond donors (Lipinski definition) is 0. The first kappa shape index (κ1) is 23.2. The van der Waals surface area contributed by atoms with Gasteiger partial charge in [-0.3, -0.25) is 9.59 Å². The van der Waals surface area contributed by atoms with Gasteiger partial charge in [0.1, 0.15) is 11.3 Å². The molecule has 2 heterocycles. The van der Waals surface area contributed by atoms with Crippen molar-refractivity contribution in [1.82, 2.24) is 0 Å². The highest BCUT2D eigenvalue weighted by molar-refractivity contribution is 7.10.